The molecule has 0 heterocycles. The van der Waals surface area contributed by atoms with Crippen LogP contribution in [0, 0.1) is 0 Å². The molecule has 0 aromatic carbocycles. The van der Waals surface area contributed by atoms with Gasteiger partial charge in [0.15, 0.2) is 6.10 Å². The molecule has 1 unspecified atom stereocenters. The van der Waals surface area contributed by atoms with Gasteiger partial charge in [-0.25, -0.2) is 0 Å². The van der Waals surface area contributed by atoms with Gasteiger partial charge < -0.3 is 14.2 Å². The molecular weight excluding hydrogens is 973 g/mol. The second kappa shape index (κ2) is 65.8. The third-order valence-corrected chi connectivity index (χ3v) is 13.3. The van der Waals surface area contributed by atoms with E-state index in [2.05, 4.69) is 167 Å². The third kappa shape index (κ3) is 64.0. The summed E-state index contributed by atoms with van der Waals surface area (Å²) >= 11 is 0. The van der Waals surface area contributed by atoms with Crippen molar-refractivity contribution in [2.45, 2.75) is 284 Å². The number of esters is 3. The molecule has 0 amide bonds. The average Bonchev–Trinajstić information content (AvgIpc) is 3.45. The van der Waals surface area contributed by atoms with Crippen molar-refractivity contribution in [1.82, 2.24) is 0 Å². The minimum Gasteiger partial charge on any atom is -0.462 e. The zero-order chi connectivity index (χ0) is 57.1. The molecule has 0 saturated carbocycles. The van der Waals surface area contributed by atoms with E-state index in [4.69, 9.17) is 14.2 Å². The van der Waals surface area contributed by atoms with Crippen molar-refractivity contribution >= 4 is 17.9 Å². The van der Waals surface area contributed by atoms with E-state index >= 15 is 0 Å². The van der Waals surface area contributed by atoms with Crippen LogP contribution in [0.3, 0.4) is 0 Å². The van der Waals surface area contributed by atoms with Crippen molar-refractivity contribution in [2.24, 2.45) is 0 Å². The molecule has 0 saturated heterocycles. The molecule has 0 N–H and O–H groups in total. The summed E-state index contributed by atoms with van der Waals surface area (Å²) in [6, 6.07) is 0. The molecule has 0 aromatic rings. The highest BCUT2D eigenvalue weighted by Crippen LogP contribution is 2.15. The molecule has 0 aliphatic carbocycles. The first kappa shape index (κ1) is 74.3. The number of rotatable bonds is 57. The topological polar surface area (TPSA) is 78.9 Å². The fourth-order valence-corrected chi connectivity index (χ4v) is 8.57. The quantitative estimate of drug-likeness (QED) is 0.0261. The van der Waals surface area contributed by atoms with Gasteiger partial charge in [-0.15, -0.1) is 0 Å². The smallest absolute Gasteiger partial charge is 0.306 e. The standard InChI is InChI=1S/C73H118O6/c1-4-7-10-13-16-18-20-22-24-26-28-30-31-32-33-34-35-36-37-38-39-40-41-43-44-46-48-50-52-54-57-60-63-66-72(75)78-69-70(68-77-71(74)65-62-59-56-15-12-9-6-3)79-73(76)67-64-61-58-55-53-51-49-47-45-42-29-27-25-23-21-19-17-14-11-8-5-2/h7-8,10-11,16-19,22-25,28-30,32-33,35-36,38-39,41-43,70H,4-6,9,12-15,20-21,26-27,31,34,37,40,44-69H2,1-3H3/b10-7-,11-8-,18-16-,19-17-,24-22-,25-23-,30-28-,33-32-,36-35-,39-38-,42-29-,43-41-. The Morgan fingerprint density at radius 1 is 0.266 bits per heavy atom. The van der Waals surface area contributed by atoms with Crippen molar-refractivity contribution in [3.8, 4) is 0 Å². The maximum absolute atomic E-state index is 12.9. The van der Waals surface area contributed by atoms with E-state index in [1.165, 1.54) is 89.9 Å². The molecule has 0 radical (unpaired) electrons. The monoisotopic (exact) mass is 1090 g/mol. The lowest BCUT2D eigenvalue weighted by molar-refractivity contribution is -0.167. The molecule has 1 atom stereocenters. The zero-order valence-electron chi connectivity index (χ0n) is 51.1. The maximum Gasteiger partial charge on any atom is 0.306 e. The first-order valence-electron chi connectivity index (χ1n) is 32.3. The normalized spacial score (nSPS) is 13.1. The second-order valence-corrected chi connectivity index (χ2v) is 20.9. The van der Waals surface area contributed by atoms with Gasteiger partial charge in [-0.3, -0.25) is 14.4 Å². The number of allylic oxidation sites excluding steroid dienone is 24. The Labute approximate surface area is 487 Å². The van der Waals surface area contributed by atoms with Gasteiger partial charge in [0.25, 0.3) is 0 Å². The van der Waals surface area contributed by atoms with E-state index in [-0.39, 0.29) is 31.1 Å². The summed E-state index contributed by atoms with van der Waals surface area (Å²) in [7, 11) is 0. The molecule has 0 aromatic heterocycles. The number of hydrogen-bond acceptors (Lipinski definition) is 6. The molecule has 0 rings (SSSR count). The van der Waals surface area contributed by atoms with E-state index in [1.54, 1.807) is 0 Å². The predicted molar refractivity (Wildman–Crippen MR) is 343 cm³/mol. The van der Waals surface area contributed by atoms with Crippen LogP contribution in [-0.4, -0.2) is 37.2 Å². The third-order valence-electron chi connectivity index (χ3n) is 13.3. The summed E-state index contributed by atoms with van der Waals surface area (Å²) in [5.41, 5.74) is 0. The fourth-order valence-electron chi connectivity index (χ4n) is 8.57. The summed E-state index contributed by atoms with van der Waals surface area (Å²) in [6.07, 6.45) is 94.5. The SMILES string of the molecule is CC/C=C\C/C=C\C/C=C\C/C=C\C/C=C\C/C=C\C/C=C\C/C=C\CCCCCCCCCCC(=O)OCC(COC(=O)CCCCCCCCC)OC(=O)CCCCCCCCCC/C=C\C/C=C\C/C=C\C/C=C\CC. The average molecular weight is 1090 g/mol. The molecular formula is C73H118O6. The largest absolute Gasteiger partial charge is 0.462 e. The Morgan fingerprint density at radius 2 is 0.494 bits per heavy atom. The molecule has 6 heteroatoms. The zero-order valence-corrected chi connectivity index (χ0v) is 51.1. The summed E-state index contributed by atoms with van der Waals surface area (Å²) in [5.74, 6) is -0.911. The number of carbonyl (C=O) groups excluding carboxylic acids is 3. The number of ether oxygens (including phenoxy) is 3. The Kier molecular flexibility index (Phi) is 61.9. The molecule has 0 aliphatic heterocycles. The fraction of sp³-hybridized carbons (Fsp3) is 0.630. The van der Waals surface area contributed by atoms with Gasteiger partial charge in [-0.05, 0) is 122 Å². The van der Waals surface area contributed by atoms with Crippen LogP contribution in [0.4, 0.5) is 0 Å². The van der Waals surface area contributed by atoms with Crippen LogP contribution in [0.25, 0.3) is 0 Å². The minimum atomic E-state index is -0.789. The van der Waals surface area contributed by atoms with Crippen LogP contribution < -0.4 is 0 Å². The minimum absolute atomic E-state index is 0.0867. The van der Waals surface area contributed by atoms with E-state index in [1.807, 2.05) is 0 Å². The first-order valence-corrected chi connectivity index (χ1v) is 32.3. The number of carbonyl (C=O) groups is 3. The van der Waals surface area contributed by atoms with E-state index in [9.17, 15) is 14.4 Å². The molecule has 446 valence electrons. The second-order valence-electron chi connectivity index (χ2n) is 20.9. The highest BCUT2D eigenvalue weighted by atomic mass is 16.6. The molecule has 0 spiro atoms. The lowest BCUT2D eigenvalue weighted by atomic mass is 10.1. The molecule has 6 nitrogen and oxygen atoms in total. The summed E-state index contributed by atoms with van der Waals surface area (Å²) in [4.78, 5) is 38.1. The van der Waals surface area contributed by atoms with Crippen LogP contribution in [0.15, 0.2) is 146 Å². The predicted octanol–water partition coefficient (Wildman–Crippen LogP) is 22.3. The van der Waals surface area contributed by atoms with Crippen molar-refractivity contribution < 1.29 is 28.6 Å². The van der Waals surface area contributed by atoms with Crippen LogP contribution in [0.5, 0.6) is 0 Å². The van der Waals surface area contributed by atoms with Crippen LogP contribution in [0.2, 0.25) is 0 Å². The first-order chi connectivity index (χ1) is 39.0. The van der Waals surface area contributed by atoms with Crippen LogP contribution >= 0.6 is 0 Å². The van der Waals surface area contributed by atoms with Gasteiger partial charge >= 0.3 is 17.9 Å². The Hall–Kier alpha value is -4.71. The lowest BCUT2D eigenvalue weighted by Crippen LogP contribution is -2.30. The summed E-state index contributed by atoms with van der Waals surface area (Å²) in [5, 5.41) is 0. The molecule has 0 fully saturated rings. The van der Waals surface area contributed by atoms with Gasteiger partial charge in [0.05, 0.1) is 0 Å². The summed E-state index contributed by atoms with van der Waals surface area (Å²) in [6.45, 7) is 6.36. The van der Waals surface area contributed by atoms with Crippen molar-refractivity contribution in [3.63, 3.8) is 0 Å². The number of hydrogen-bond donors (Lipinski definition) is 0. The van der Waals surface area contributed by atoms with Gasteiger partial charge in [0.2, 0.25) is 0 Å². The van der Waals surface area contributed by atoms with Crippen molar-refractivity contribution in [3.05, 3.63) is 146 Å². The Bertz CT molecular complexity index is 1730. The van der Waals surface area contributed by atoms with Crippen molar-refractivity contribution in [2.75, 3.05) is 13.2 Å². The van der Waals surface area contributed by atoms with E-state index < -0.39 is 6.10 Å². The van der Waals surface area contributed by atoms with Crippen molar-refractivity contribution in [1.29, 1.82) is 0 Å². The summed E-state index contributed by atoms with van der Waals surface area (Å²) < 4.78 is 16.8. The van der Waals surface area contributed by atoms with Gasteiger partial charge in [-0.2, -0.15) is 0 Å². The Balaban J connectivity index is 4.18. The van der Waals surface area contributed by atoms with Gasteiger partial charge in [-0.1, -0.05) is 282 Å². The maximum atomic E-state index is 12.9. The molecule has 0 bridgehead atoms. The van der Waals surface area contributed by atoms with Crippen LogP contribution in [0.1, 0.15) is 278 Å². The Morgan fingerprint density at radius 3 is 0.772 bits per heavy atom. The molecule has 79 heavy (non-hydrogen) atoms. The van der Waals surface area contributed by atoms with Crippen LogP contribution in [-0.2, 0) is 28.6 Å². The van der Waals surface area contributed by atoms with E-state index in [0.29, 0.717) is 19.3 Å². The van der Waals surface area contributed by atoms with E-state index in [0.717, 1.165) is 148 Å². The van der Waals surface area contributed by atoms with Gasteiger partial charge in [0, 0.05) is 19.3 Å². The lowest BCUT2D eigenvalue weighted by Gasteiger charge is -2.18. The highest BCUT2D eigenvalue weighted by Gasteiger charge is 2.19. The highest BCUT2D eigenvalue weighted by molar-refractivity contribution is 5.71. The molecule has 0 aliphatic rings. The number of unbranched alkanes of at least 4 members (excludes halogenated alkanes) is 22. The van der Waals surface area contributed by atoms with Gasteiger partial charge in [0.1, 0.15) is 13.2 Å².